The summed E-state index contributed by atoms with van der Waals surface area (Å²) in [5.41, 5.74) is 0.335. The van der Waals surface area contributed by atoms with Crippen LogP contribution in [0.1, 0.15) is 10.4 Å². The molecule has 0 unspecified atom stereocenters. The van der Waals surface area contributed by atoms with Crippen molar-refractivity contribution in [1.82, 2.24) is 4.98 Å². The van der Waals surface area contributed by atoms with E-state index >= 15 is 0 Å². The van der Waals surface area contributed by atoms with Crippen molar-refractivity contribution >= 4 is 11.7 Å². The number of nitrogens with zero attached hydrogens (tertiary/aromatic N) is 2. The van der Waals surface area contributed by atoms with Crippen LogP contribution in [0, 0.1) is 10.1 Å². The maximum absolute atomic E-state index is 11.0. The van der Waals surface area contributed by atoms with Gasteiger partial charge in [-0.25, -0.2) is 4.79 Å². The minimum Gasteiger partial charge on any atom is -0.478 e. The van der Waals surface area contributed by atoms with Crippen molar-refractivity contribution in [3.8, 4) is 11.3 Å². The third-order valence-corrected chi connectivity index (χ3v) is 2.38. The number of pyridine rings is 1. The molecule has 1 N–H and O–H groups in total. The zero-order chi connectivity index (χ0) is 13.1. The molecule has 1 heterocycles. The molecule has 0 fully saturated rings. The second-order valence-corrected chi connectivity index (χ2v) is 3.51. The number of rotatable bonds is 3. The molecule has 0 amide bonds. The van der Waals surface area contributed by atoms with Gasteiger partial charge in [0.25, 0.3) is 5.69 Å². The summed E-state index contributed by atoms with van der Waals surface area (Å²) in [5.74, 6) is -1.20. The Hall–Kier alpha value is -2.76. The summed E-state index contributed by atoms with van der Waals surface area (Å²) in [4.78, 5) is 25.1. The number of aromatic carboxylic acids is 1. The number of hydrogen-bond acceptors (Lipinski definition) is 4. The highest BCUT2D eigenvalue weighted by Gasteiger charge is 2.18. The van der Waals surface area contributed by atoms with Crippen LogP contribution >= 0.6 is 0 Å². The van der Waals surface area contributed by atoms with Gasteiger partial charge in [0.2, 0.25) is 0 Å². The van der Waals surface area contributed by atoms with Crippen LogP contribution in [0.5, 0.6) is 0 Å². The fourth-order valence-electron chi connectivity index (χ4n) is 1.55. The SMILES string of the molecule is O=C(O)c1ccc(-c2ccccn2)c([N+](=O)[O-])c1. The van der Waals surface area contributed by atoms with Crippen LogP contribution < -0.4 is 0 Å². The van der Waals surface area contributed by atoms with Crippen LogP contribution in [0.4, 0.5) is 5.69 Å². The van der Waals surface area contributed by atoms with Crippen LogP contribution in [0.25, 0.3) is 11.3 Å². The van der Waals surface area contributed by atoms with Crippen molar-refractivity contribution in [2.24, 2.45) is 0 Å². The molecular weight excluding hydrogens is 236 g/mol. The largest absolute Gasteiger partial charge is 0.478 e. The van der Waals surface area contributed by atoms with Gasteiger partial charge in [0.1, 0.15) is 0 Å². The van der Waals surface area contributed by atoms with Crippen molar-refractivity contribution in [3.05, 3.63) is 58.3 Å². The van der Waals surface area contributed by atoms with Crippen LogP contribution in [0.3, 0.4) is 0 Å². The van der Waals surface area contributed by atoms with Crippen LogP contribution in [0.2, 0.25) is 0 Å². The summed E-state index contributed by atoms with van der Waals surface area (Å²) in [6, 6.07) is 8.77. The second kappa shape index (κ2) is 4.62. The van der Waals surface area contributed by atoms with Gasteiger partial charge in [-0.05, 0) is 24.3 Å². The first-order valence-corrected chi connectivity index (χ1v) is 5.03. The summed E-state index contributed by atoms with van der Waals surface area (Å²) in [6.07, 6.45) is 1.52. The number of nitro benzene ring substituents is 1. The third kappa shape index (κ3) is 2.17. The standard InChI is InChI=1S/C12H8N2O4/c15-12(16)8-4-5-9(11(7-8)14(17)18)10-3-1-2-6-13-10/h1-7H,(H,15,16). The van der Waals surface area contributed by atoms with Crippen molar-refractivity contribution in [1.29, 1.82) is 0 Å². The smallest absolute Gasteiger partial charge is 0.335 e. The molecular formula is C12H8N2O4. The molecule has 6 nitrogen and oxygen atoms in total. The first-order valence-electron chi connectivity index (χ1n) is 5.03. The lowest BCUT2D eigenvalue weighted by molar-refractivity contribution is -0.384. The number of aromatic nitrogens is 1. The Bertz CT molecular complexity index is 611. The molecule has 18 heavy (non-hydrogen) atoms. The molecule has 2 rings (SSSR count). The second-order valence-electron chi connectivity index (χ2n) is 3.51. The van der Waals surface area contributed by atoms with Gasteiger partial charge in [0.15, 0.2) is 0 Å². The minimum atomic E-state index is -1.20. The molecule has 0 radical (unpaired) electrons. The number of carbonyl (C=O) groups is 1. The summed E-state index contributed by atoms with van der Waals surface area (Å²) < 4.78 is 0. The van der Waals surface area contributed by atoms with Gasteiger partial charge in [-0.2, -0.15) is 0 Å². The first-order chi connectivity index (χ1) is 8.59. The highest BCUT2D eigenvalue weighted by molar-refractivity contribution is 5.90. The molecule has 0 spiro atoms. The van der Waals surface area contributed by atoms with Crippen LogP contribution in [-0.2, 0) is 0 Å². The molecule has 1 aromatic carbocycles. The molecule has 2 aromatic rings. The molecule has 0 bridgehead atoms. The Kier molecular flexibility index (Phi) is 3.01. The van der Waals surface area contributed by atoms with Crippen molar-refractivity contribution in [3.63, 3.8) is 0 Å². The van der Waals surface area contributed by atoms with E-state index in [0.29, 0.717) is 11.3 Å². The highest BCUT2D eigenvalue weighted by Crippen LogP contribution is 2.29. The summed E-state index contributed by atoms with van der Waals surface area (Å²) in [6.45, 7) is 0. The Balaban J connectivity index is 2.61. The van der Waals surface area contributed by atoms with Crippen molar-refractivity contribution in [2.75, 3.05) is 0 Å². The quantitative estimate of drug-likeness (QED) is 0.660. The lowest BCUT2D eigenvalue weighted by atomic mass is 10.1. The summed E-state index contributed by atoms with van der Waals surface area (Å²) >= 11 is 0. The van der Waals surface area contributed by atoms with Gasteiger partial charge in [-0.1, -0.05) is 6.07 Å². The number of nitro groups is 1. The van der Waals surface area contributed by atoms with Gasteiger partial charge >= 0.3 is 5.97 Å². The minimum absolute atomic E-state index is 0.124. The zero-order valence-corrected chi connectivity index (χ0v) is 9.11. The third-order valence-electron chi connectivity index (χ3n) is 2.38. The maximum Gasteiger partial charge on any atom is 0.335 e. The molecule has 0 aliphatic rings. The van der Waals surface area contributed by atoms with Gasteiger partial charge in [0, 0.05) is 12.3 Å². The van der Waals surface area contributed by atoms with E-state index in [1.165, 1.54) is 18.3 Å². The predicted molar refractivity (Wildman–Crippen MR) is 63.3 cm³/mol. The Morgan fingerprint density at radius 3 is 2.61 bits per heavy atom. The normalized spacial score (nSPS) is 10.0. The van der Waals surface area contributed by atoms with Gasteiger partial charge < -0.3 is 5.11 Å². The average molecular weight is 244 g/mol. The van der Waals surface area contributed by atoms with Crippen molar-refractivity contribution < 1.29 is 14.8 Å². The average Bonchev–Trinajstić information content (AvgIpc) is 2.39. The van der Waals surface area contributed by atoms with E-state index < -0.39 is 10.9 Å². The number of carboxylic acids is 1. The van der Waals surface area contributed by atoms with E-state index in [4.69, 9.17) is 5.11 Å². The fourth-order valence-corrected chi connectivity index (χ4v) is 1.55. The summed E-state index contributed by atoms with van der Waals surface area (Å²) in [5, 5.41) is 19.8. The first kappa shape index (κ1) is 11.7. The Morgan fingerprint density at radius 1 is 1.28 bits per heavy atom. The van der Waals surface area contributed by atoms with E-state index in [1.54, 1.807) is 18.2 Å². The lowest BCUT2D eigenvalue weighted by Gasteiger charge is -2.03. The van der Waals surface area contributed by atoms with E-state index in [1.807, 2.05) is 0 Å². The zero-order valence-electron chi connectivity index (χ0n) is 9.11. The molecule has 0 aliphatic heterocycles. The Labute approximate surface area is 102 Å². The molecule has 0 atom stereocenters. The topological polar surface area (TPSA) is 93.3 Å². The van der Waals surface area contributed by atoms with E-state index in [9.17, 15) is 14.9 Å². The van der Waals surface area contributed by atoms with E-state index in [2.05, 4.69) is 4.98 Å². The molecule has 0 aliphatic carbocycles. The number of carboxylic acid groups (broad SMARTS) is 1. The monoisotopic (exact) mass is 244 g/mol. The molecule has 0 saturated carbocycles. The number of benzene rings is 1. The van der Waals surface area contributed by atoms with Crippen molar-refractivity contribution in [2.45, 2.75) is 0 Å². The molecule has 1 aromatic heterocycles. The molecule has 90 valence electrons. The lowest BCUT2D eigenvalue weighted by Crippen LogP contribution is -2.00. The van der Waals surface area contributed by atoms with Gasteiger partial charge in [-0.3, -0.25) is 15.1 Å². The van der Waals surface area contributed by atoms with E-state index in [0.717, 1.165) is 6.07 Å². The predicted octanol–water partition coefficient (Wildman–Crippen LogP) is 2.36. The maximum atomic E-state index is 11.0. The van der Waals surface area contributed by atoms with Gasteiger partial charge in [-0.15, -0.1) is 0 Å². The Morgan fingerprint density at radius 2 is 2.06 bits per heavy atom. The highest BCUT2D eigenvalue weighted by atomic mass is 16.6. The van der Waals surface area contributed by atoms with Crippen LogP contribution in [0.15, 0.2) is 42.6 Å². The van der Waals surface area contributed by atoms with Gasteiger partial charge in [0.05, 0.1) is 21.7 Å². The fraction of sp³-hybridized carbons (Fsp3) is 0. The summed E-state index contributed by atoms with van der Waals surface area (Å²) in [7, 11) is 0. The van der Waals surface area contributed by atoms with Crippen LogP contribution in [-0.4, -0.2) is 21.0 Å². The number of hydrogen-bond donors (Lipinski definition) is 1. The molecule has 6 heteroatoms. The van der Waals surface area contributed by atoms with E-state index in [-0.39, 0.29) is 11.3 Å². The molecule has 0 saturated heterocycles.